The molecule has 0 bridgehead atoms. The zero-order chi connectivity index (χ0) is 15.2. The smallest absolute Gasteiger partial charge is 0.0591 e. The highest BCUT2D eigenvalue weighted by Gasteiger charge is 2.27. The Morgan fingerprint density at radius 1 is 1.10 bits per heavy atom. The maximum atomic E-state index is 13.0. The van der Waals surface area contributed by atoms with E-state index >= 15 is 0 Å². The topological polar surface area (TPSA) is 29.1 Å². The van der Waals surface area contributed by atoms with Crippen LogP contribution < -0.4 is 5.32 Å². The molecule has 0 heterocycles. The van der Waals surface area contributed by atoms with Crippen molar-refractivity contribution in [1.29, 1.82) is 0 Å². The fourth-order valence-electron chi connectivity index (χ4n) is 2.51. The molecule has 2 rings (SSSR count). The lowest BCUT2D eigenvalue weighted by Crippen LogP contribution is -2.32. The first-order valence-corrected chi connectivity index (χ1v) is 9.07. The summed E-state index contributed by atoms with van der Waals surface area (Å²) in [7, 11) is 0.856. The van der Waals surface area contributed by atoms with Gasteiger partial charge >= 0.3 is 0 Å². The van der Waals surface area contributed by atoms with Gasteiger partial charge in [0.2, 0.25) is 0 Å². The molecule has 0 amide bonds. The normalized spacial score (nSPS) is 15.4. The fourth-order valence-corrected chi connectivity index (χ4v) is 4.91. The number of halogens is 1. The molecule has 0 aliphatic carbocycles. The maximum absolute atomic E-state index is 13.0. The van der Waals surface area contributed by atoms with Crippen LogP contribution in [0.3, 0.4) is 0 Å². The van der Waals surface area contributed by atoms with Crippen LogP contribution in [0.25, 0.3) is 0 Å². The van der Waals surface area contributed by atoms with Gasteiger partial charge in [-0.15, -0.1) is 0 Å². The van der Waals surface area contributed by atoms with E-state index in [1.54, 1.807) is 0 Å². The molecule has 112 valence electrons. The minimum Gasteiger partial charge on any atom is -0.312 e. The summed E-state index contributed by atoms with van der Waals surface area (Å²) in [6, 6.07) is 18.0. The molecule has 2 aromatic carbocycles. The van der Waals surface area contributed by atoms with E-state index in [-0.39, 0.29) is 11.3 Å². The van der Waals surface area contributed by atoms with Crippen LogP contribution in [0.4, 0.5) is 0 Å². The molecule has 4 heteroatoms. The number of nitrogens with one attached hydrogen (secondary N) is 1. The molecule has 1 N–H and O–H groups in total. The second kappa shape index (κ2) is 7.87. The molecule has 0 aromatic heterocycles. The third-order valence-corrected chi connectivity index (χ3v) is 6.47. The third kappa shape index (κ3) is 3.82. The summed E-state index contributed by atoms with van der Waals surface area (Å²) in [4.78, 5) is 0.862. The first kappa shape index (κ1) is 16.4. The van der Waals surface area contributed by atoms with Gasteiger partial charge in [-0.3, -0.25) is 4.21 Å². The average molecular weight is 366 g/mol. The Morgan fingerprint density at radius 2 is 1.71 bits per heavy atom. The summed E-state index contributed by atoms with van der Waals surface area (Å²) in [5, 5.41) is 3.36. The molecule has 0 aliphatic rings. The van der Waals surface area contributed by atoms with Gasteiger partial charge in [-0.25, -0.2) is 0 Å². The van der Waals surface area contributed by atoms with Gasteiger partial charge in [0.05, 0.1) is 20.9 Å². The molecule has 0 aliphatic heterocycles. The van der Waals surface area contributed by atoms with Crippen molar-refractivity contribution in [2.75, 3.05) is 7.05 Å². The molecule has 2 aromatic rings. The van der Waals surface area contributed by atoms with Gasteiger partial charge in [-0.1, -0.05) is 49.4 Å². The lowest BCUT2D eigenvalue weighted by molar-refractivity contribution is 0.538. The minimum absolute atomic E-state index is 0.0242. The van der Waals surface area contributed by atoms with Crippen LogP contribution in [-0.4, -0.2) is 16.5 Å². The second-order valence-electron chi connectivity index (χ2n) is 4.85. The molecule has 21 heavy (non-hydrogen) atoms. The van der Waals surface area contributed by atoms with Gasteiger partial charge in [-0.05, 0) is 47.1 Å². The van der Waals surface area contributed by atoms with E-state index in [0.29, 0.717) is 0 Å². The van der Waals surface area contributed by atoms with E-state index in [1.807, 2.05) is 49.5 Å². The summed E-state index contributed by atoms with van der Waals surface area (Å²) < 4.78 is 13.9. The van der Waals surface area contributed by atoms with Gasteiger partial charge in [0.25, 0.3) is 0 Å². The van der Waals surface area contributed by atoms with Crippen molar-refractivity contribution in [1.82, 2.24) is 5.32 Å². The molecular weight excluding hydrogens is 346 g/mol. The van der Waals surface area contributed by atoms with E-state index < -0.39 is 10.8 Å². The van der Waals surface area contributed by atoms with E-state index in [9.17, 15) is 4.21 Å². The van der Waals surface area contributed by atoms with Crippen LogP contribution in [0.1, 0.15) is 24.9 Å². The van der Waals surface area contributed by atoms with Gasteiger partial charge < -0.3 is 5.32 Å². The number of rotatable bonds is 6. The predicted octanol–water partition coefficient (Wildman–Crippen LogP) is 4.30. The Bertz CT molecular complexity index is 603. The summed E-state index contributed by atoms with van der Waals surface area (Å²) in [5.41, 5.74) is 1.17. The SMILES string of the molecule is CCC(C(NC)c1ccccc1)S(=O)c1ccccc1Br. The Hall–Kier alpha value is -0.970. The van der Waals surface area contributed by atoms with E-state index in [1.165, 1.54) is 5.56 Å². The highest BCUT2D eigenvalue weighted by Crippen LogP contribution is 2.29. The van der Waals surface area contributed by atoms with Crippen molar-refractivity contribution in [3.63, 3.8) is 0 Å². The Labute approximate surface area is 137 Å². The number of benzene rings is 2. The van der Waals surface area contributed by atoms with Crippen LogP contribution in [0.5, 0.6) is 0 Å². The summed E-state index contributed by atoms with van der Waals surface area (Å²) >= 11 is 3.51. The van der Waals surface area contributed by atoms with Crippen molar-refractivity contribution in [3.8, 4) is 0 Å². The minimum atomic E-state index is -1.07. The third-order valence-electron chi connectivity index (χ3n) is 3.57. The second-order valence-corrected chi connectivity index (χ2v) is 7.35. The predicted molar refractivity (Wildman–Crippen MR) is 92.9 cm³/mol. The zero-order valence-electron chi connectivity index (χ0n) is 12.3. The number of hydrogen-bond donors (Lipinski definition) is 1. The van der Waals surface area contributed by atoms with Gasteiger partial charge in [0.1, 0.15) is 0 Å². The van der Waals surface area contributed by atoms with Crippen molar-refractivity contribution in [3.05, 3.63) is 64.6 Å². The molecule has 2 nitrogen and oxygen atoms in total. The first-order valence-electron chi connectivity index (χ1n) is 7.06. The fraction of sp³-hybridized carbons (Fsp3) is 0.294. The van der Waals surface area contributed by atoms with Gasteiger partial charge in [0.15, 0.2) is 0 Å². The maximum Gasteiger partial charge on any atom is 0.0591 e. The summed E-state index contributed by atoms with van der Waals surface area (Å²) in [6.07, 6.45) is 0.842. The van der Waals surface area contributed by atoms with Crippen LogP contribution >= 0.6 is 15.9 Å². The molecular formula is C17H20BrNOS. The van der Waals surface area contributed by atoms with E-state index in [2.05, 4.69) is 40.3 Å². The van der Waals surface area contributed by atoms with Crippen molar-refractivity contribution in [2.24, 2.45) is 0 Å². The van der Waals surface area contributed by atoms with Crippen LogP contribution in [0.2, 0.25) is 0 Å². The van der Waals surface area contributed by atoms with Gasteiger partial charge in [0, 0.05) is 10.5 Å². The van der Waals surface area contributed by atoms with Gasteiger partial charge in [-0.2, -0.15) is 0 Å². The Morgan fingerprint density at radius 3 is 2.29 bits per heavy atom. The molecule has 0 fully saturated rings. The molecule has 0 saturated carbocycles. The Balaban J connectivity index is 2.34. The first-order chi connectivity index (χ1) is 10.2. The molecule has 0 spiro atoms. The number of hydrogen-bond acceptors (Lipinski definition) is 2. The summed E-state index contributed by atoms with van der Waals surface area (Å²) in [6.45, 7) is 2.09. The van der Waals surface area contributed by atoms with Crippen LogP contribution in [0.15, 0.2) is 64.0 Å². The molecule has 3 unspecified atom stereocenters. The van der Waals surface area contributed by atoms with Crippen LogP contribution in [-0.2, 0) is 10.8 Å². The van der Waals surface area contributed by atoms with Crippen LogP contribution in [0, 0.1) is 0 Å². The average Bonchev–Trinajstić information content (AvgIpc) is 2.53. The largest absolute Gasteiger partial charge is 0.312 e. The highest BCUT2D eigenvalue weighted by molar-refractivity contribution is 9.10. The lowest BCUT2D eigenvalue weighted by Gasteiger charge is -2.26. The molecule has 0 saturated heterocycles. The Kier molecular flexibility index (Phi) is 6.15. The monoisotopic (exact) mass is 365 g/mol. The quantitative estimate of drug-likeness (QED) is 0.826. The highest BCUT2D eigenvalue weighted by atomic mass is 79.9. The van der Waals surface area contributed by atoms with E-state index in [4.69, 9.17) is 0 Å². The van der Waals surface area contributed by atoms with Crippen molar-refractivity contribution < 1.29 is 4.21 Å². The van der Waals surface area contributed by atoms with Crippen molar-refractivity contribution in [2.45, 2.75) is 29.5 Å². The van der Waals surface area contributed by atoms with E-state index in [0.717, 1.165) is 15.8 Å². The molecule has 3 atom stereocenters. The molecule has 0 radical (unpaired) electrons. The van der Waals surface area contributed by atoms with Crippen molar-refractivity contribution >= 4 is 26.7 Å². The standard InChI is InChI=1S/C17H20BrNOS/c1-3-15(17(19-2)13-9-5-4-6-10-13)21(20)16-12-8-7-11-14(16)18/h4-12,15,17,19H,3H2,1-2H3. The summed E-state index contributed by atoms with van der Waals surface area (Å²) in [5.74, 6) is 0. The lowest BCUT2D eigenvalue weighted by atomic mass is 10.0. The zero-order valence-corrected chi connectivity index (χ0v) is 14.7.